The van der Waals surface area contributed by atoms with Crippen molar-refractivity contribution >= 4 is 6.29 Å². The molecule has 0 aromatic heterocycles. The zero-order valence-corrected chi connectivity index (χ0v) is 10.1. The lowest BCUT2D eigenvalue weighted by molar-refractivity contribution is -0.196. The summed E-state index contributed by atoms with van der Waals surface area (Å²) in [7, 11) is 0. The van der Waals surface area contributed by atoms with Crippen molar-refractivity contribution in [3.63, 3.8) is 0 Å². The monoisotopic (exact) mass is 226 g/mol. The molecule has 3 heteroatoms. The number of hydrogen-bond acceptors (Lipinski definition) is 3. The zero-order chi connectivity index (χ0) is 11.4. The molecular formula is C13H22O3. The van der Waals surface area contributed by atoms with Crippen molar-refractivity contribution in [3.8, 4) is 0 Å². The number of aldehydes is 1. The minimum atomic E-state index is -0.104. The summed E-state index contributed by atoms with van der Waals surface area (Å²) in [5.74, 6) is 0. The summed E-state index contributed by atoms with van der Waals surface area (Å²) < 4.78 is 11.5. The second-order valence-electron chi connectivity index (χ2n) is 5.40. The van der Waals surface area contributed by atoms with Crippen LogP contribution in [0.5, 0.6) is 0 Å². The first-order chi connectivity index (χ1) is 7.72. The molecule has 92 valence electrons. The molecule has 1 heterocycles. The third kappa shape index (κ3) is 3.05. The highest BCUT2D eigenvalue weighted by Crippen LogP contribution is 2.35. The van der Waals surface area contributed by atoms with Gasteiger partial charge in [0.25, 0.3) is 0 Å². The molecule has 0 amide bonds. The van der Waals surface area contributed by atoms with Crippen LogP contribution in [0.2, 0.25) is 0 Å². The third-order valence-electron chi connectivity index (χ3n) is 3.84. The Morgan fingerprint density at radius 3 is 2.56 bits per heavy atom. The first-order valence-corrected chi connectivity index (χ1v) is 6.45. The van der Waals surface area contributed by atoms with E-state index in [2.05, 4.69) is 0 Å². The van der Waals surface area contributed by atoms with Crippen molar-refractivity contribution in [1.82, 2.24) is 0 Å². The van der Waals surface area contributed by atoms with E-state index in [1.165, 1.54) is 6.42 Å². The summed E-state index contributed by atoms with van der Waals surface area (Å²) in [6.45, 7) is 2.89. The van der Waals surface area contributed by atoms with Crippen LogP contribution in [0.4, 0.5) is 0 Å². The molecule has 2 rings (SSSR count). The Bertz CT molecular complexity index is 225. The first-order valence-electron chi connectivity index (χ1n) is 6.45. The van der Waals surface area contributed by atoms with Crippen molar-refractivity contribution in [2.45, 2.75) is 64.3 Å². The Labute approximate surface area is 97.5 Å². The molecule has 1 saturated carbocycles. The van der Waals surface area contributed by atoms with Gasteiger partial charge in [-0.2, -0.15) is 0 Å². The fraction of sp³-hybridized carbons (Fsp3) is 0.923. The lowest BCUT2D eigenvalue weighted by Gasteiger charge is -2.35. The van der Waals surface area contributed by atoms with Gasteiger partial charge >= 0.3 is 0 Å². The lowest BCUT2D eigenvalue weighted by atomic mass is 9.76. The smallest absolute Gasteiger partial charge is 0.157 e. The van der Waals surface area contributed by atoms with E-state index in [0.717, 1.165) is 51.4 Å². The summed E-state index contributed by atoms with van der Waals surface area (Å²) >= 11 is 0. The maximum atomic E-state index is 10.9. The fourth-order valence-corrected chi connectivity index (χ4v) is 2.54. The lowest BCUT2D eigenvalue weighted by Crippen LogP contribution is -2.34. The number of hydrogen-bond donors (Lipinski definition) is 0. The molecule has 1 atom stereocenters. The number of carbonyl (C=O) groups excluding carboxylic acids is 1. The second-order valence-corrected chi connectivity index (χ2v) is 5.40. The summed E-state index contributed by atoms with van der Waals surface area (Å²) in [4.78, 5) is 10.9. The van der Waals surface area contributed by atoms with Gasteiger partial charge in [0.2, 0.25) is 0 Å². The molecule has 0 N–H and O–H groups in total. The molecular weight excluding hydrogens is 204 g/mol. The van der Waals surface area contributed by atoms with Crippen molar-refractivity contribution in [3.05, 3.63) is 0 Å². The molecule has 1 aliphatic carbocycles. The van der Waals surface area contributed by atoms with E-state index in [1.807, 2.05) is 6.92 Å². The van der Waals surface area contributed by atoms with E-state index in [-0.39, 0.29) is 11.7 Å². The van der Waals surface area contributed by atoms with Gasteiger partial charge in [-0.05, 0) is 44.9 Å². The van der Waals surface area contributed by atoms with Crippen LogP contribution < -0.4 is 0 Å². The first kappa shape index (κ1) is 12.1. The molecule has 2 fully saturated rings. The van der Waals surface area contributed by atoms with Gasteiger partial charge < -0.3 is 14.3 Å². The highest BCUT2D eigenvalue weighted by molar-refractivity contribution is 5.58. The van der Waals surface area contributed by atoms with Crippen LogP contribution in [0, 0.1) is 5.41 Å². The van der Waals surface area contributed by atoms with Gasteiger partial charge in [0, 0.05) is 12.0 Å². The molecule has 1 aliphatic heterocycles. The van der Waals surface area contributed by atoms with Crippen LogP contribution in [0.3, 0.4) is 0 Å². The average Bonchev–Trinajstić information content (AvgIpc) is 2.34. The van der Waals surface area contributed by atoms with Crippen molar-refractivity contribution in [1.29, 1.82) is 0 Å². The highest BCUT2D eigenvalue weighted by atomic mass is 16.7. The molecule has 16 heavy (non-hydrogen) atoms. The van der Waals surface area contributed by atoms with Crippen LogP contribution in [0.15, 0.2) is 0 Å². The average molecular weight is 226 g/mol. The van der Waals surface area contributed by atoms with Gasteiger partial charge in [0.1, 0.15) is 6.29 Å². The molecule has 3 nitrogen and oxygen atoms in total. The Balaban J connectivity index is 1.74. The number of carbonyl (C=O) groups is 1. The van der Waals surface area contributed by atoms with Crippen LogP contribution >= 0.6 is 0 Å². The zero-order valence-electron chi connectivity index (χ0n) is 10.1. The SMILES string of the molecule is CC1(C=O)CCC(O[C@H]2CCCCO2)CC1. The van der Waals surface area contributed by atoms with E-state index in [9.17, 15) is 4.79 Å². The number of rotatable bonds is 3. The molecule has 0 radical (unpaired) electrons. The predicted molar refractivity (Wildman–Crippen MR) is 61.1 cm³/mol. The van der Waals surface area contributed by atoms with E-state index < -0.39 is 0 Å². The van der Waals surface area contributed by atoms with Crippen LogP contribution in [0.25, 0.3) is 0 Å². The van der Waals surface area contributed by atoms with Gasteiger partial charge in [0.05, 0.1) is 6.10 Å². The Kier molecular flexibility index (Phi) is 3.98. The van der Waals surface area contributed by atoms with E-state index in [0.29, 0.717) is 6.10 Å². The number of ether oxygens (including phenoxy) is 2. The largest absolute Gasteiger partial charge is 0.353 e. The third-order valence-corrected chi connectivity index (χ3v) is 3.84. The molecule has 0 aromatic rings. The van der Waals surface area contributed by atoms with E-state index >= 15 is 0 Å². The molecule has 0 bridgehead atoms. The van der Waals surface area contributed by atoms with Crippen LogP contribution in [0.1, 0.15) is 51.9 Å². The van der Waals surface area contributed by atoms with Gasteiger partial charge in [-0.15, -0.1) is 0 Å². The molecule has 2 aliphatic rings. The molecule has 0 unspecified atom stereocenters. The standard InChI is InChI=1S/C13H22O3/c1-13(10-14)7-5-11(6-8-13)16-12-4-2-3-9-15-12/h10-12H,2-9H2,1H3/t11?,12-,13?/m0/s1. The predicted octanol–water partition coefficient (Wildman–Crippen LogP) is 2.68. The Morgan fingerprint density at radius 1 is 1.25 bits per heavy atom. The summed E-state index contributed by atoms with van der Waals surface area (Å²) in [5.41, 5.74) is -0.104. The van der Waals surface area contributed by atoms with Crippen molar-refractivity contribution < 1.29 is 14.3 Å². The quantitative estimate of drug-likeness (QED) is 0.694. The Hall–Kier alpha value is -0.410. The second kappa shape index (κ2) is 5.28. The summed E-state index contributed by atoms with van der Waals surface area (Å²) in [6.07, 6.45) is 8.72. The summed E-state index contributed by atoms with van der Waals surface area (Å²) in [5, 5.41) is 0. The van der Waals surface area contributed by atoms with Gasteiger partial charge in [-0.25, -0.2) is 0 Å². The Morgan fingerprint density at radius 2 is 2.00 bits per heavy atom. The van der Waals surface area contributed by atoms with E-state index in [1.54, 1.807) is 0 Å². The van der Waals surface area contributed by atoms with Gasteiger partial charge in [-0.1, -0.05) is 6.92 Å². The van der Waals surface area contributed by atoms with Crippen molar-refractivity contribution in [2.75, 3.05) is 6.61 Å². The van der Waals surface area contributed by atoms with Gasteiger partial charge in [0.15, 0.2) is 6.29 Å². The maximum Gasteiger partial charge on any atom is 0.157 e. The van der Waals surface area contributed by atoms with E-state index in [4.69, 9.17) is 9.47 Å². The topological polar surface area (TPSA) is 35.5 Å². The van der Waals surface area contributed by atoms with Gasteiger partial charge in [-0.3, -0.25) is 0 Å². The normalized spacial score (nSPS) is 40.6. The molecule has 0 aromatic carbocycles. The van der Waals surface area contributed by atoms with Crippen molar-refractivity contribution in [2.24, 2.45) is 5.41 Å². The summed E-state index contributed by atoms with van der Waals surface area (Å²) in [6, 6.07) is 0. The molecule has 0 spiro atoms. The molecule has 1 saturated heterocycles. The minimum Gasteiger partial charge on any atom is -0.353 e. The minimum absolute atomic E-state index is 0.0133. The van der Waals surface area contributed by atoms with Crippen LogP contribution in [-0.4, -0.2) is 25.3 Å². The fourth-order valence-electron chi connectivity index (χ4n) is 2.54. The maximum absolute atomic E-state index is 10.9. The van der Waals surface area contributed by atoms with Crippen LogP contribution in [-0.2, 0) is 14.3 Å². The highest BCUT2D eigenvalue weighted by Gasteiger charge is 2.32.